The van der Waals surface area contributed by atoms with Crippen LogP contribution in [0.4, 0.5) is 0 Å². The molecule has 0 N–H and O–H groups in total. The van der Waals surface area contributed by atoms with E-state index in [1.165, 1.54) is 0 Å². The largest absolute Gasteiger partial charge is 0.224 e. The van der Waals surface area contributed by atoms with Crippen molar-refractivity contribution in [3.63, 3.8) is 0 Å². The molecule has 3 nitrogen and oxygen atoms in total. The topological polar surface area (TPSA) is 57.9 Å². The van der Waals surface area contributed by atoms with Crippen LogP contribution in [0, 0.1) is 18.3 Å². The van der Waals surface area contributed by atoms with E-state index in [4.69, 9.17) is 0 Å². The summed E-state index contributed by atoms with van der Waals surface area (Å²) in [7, 11) is -3.45. The molecule has 3 aromatic rings. The van der Waals surface area contributed by atoms with Crippen molar-refractivity contribution in [1.82, 2.24) is 0 Å². The van der Waals surface area contributed by atoms with E-state index in [0.29, 0.717) is 4.90 Å². The highest BCUT2D eigenvalue weighted by Crippen LogP contribution is 2.27. The lowest BCUT2D eigenvalue weighted by Gasteiger charge is -2.15. The molecule has 0 amide bonds. The van der Waals surface area contributed by atoms with Gasteiger partial charge in [0.15, 0.2) is 9.84 Å². The average Bonchev–Trinajstić information content (AvgIpc) is 2.61. The molecule has 0 aliphatic rings. The minimum atomic E-state index is -3.45. The van der Waals surface area contributed by atoms with Crippen molar-refractivity contribution < 1.29 is 8.42 Å². The molecular formula is C21H19NO2S. The van der Waals surface area contributed by atoms with Crippen molar-refractivity contribution in [2.24, 2.45) is 0 Å². The van der Waals surface area contributed by atoms with Crippen LogP contribution in [-0.2, 0) is 9.84 Å². The predicted octanol–water partition coefficient (Wildman–Crippen LogP) is 4.62. The Morgan fingerprint density at radius 3 is 2.32 bits per heavy atom. The summed E-state index contributed by atoms with van der Waals surface area (Å²) in [5.41, 5.74) is 1.90. The summed E-state index contributed by atoms with van der Waals surface area (Å²) in [6, 6.07) is 22.8. The minimum absolute atomic E-state index is 0.0675. The van der Waals surface area contributed by atoms with Crippen LogP contribution in [0.2, 0.25) is 0 Å². The molecule has 0 fully saturated rings. The molecule has 3 rings (SSSR count). The fourth-order valence-corrected chi connectivity index (χ4v) is 4.53. The standard InChI is InChI=1S/C21H19NO2S/c1-16-6-10-21(11-7-16)25(23,24)15-20(12-13-22)19-9-8-17-4-2-3-5-18(17)14-19/h2-11,14,20H,12,15H2,1H3. The lowest BCUT2D eigenvalue weighted by molar-refractivity contribution is 0.588. The van der Waals surface area contributed by atoms with Crippen LogP contribution in [0.1, 0.15) is 23.5 Å². The van der Waals surface area contributed by atoms with E-state index < -0.39 is 9.84 Å². The molecule has 1 unspecified atom stereocenters. The molecule has 0 aromatic heterocycles. The molecule has 1 atom stereocenters. The summed E-state index contributed by atoms with van der Waals surface area (Å²) in [6.07, 6.45) is 0.170. The second-order valence-electron chi connectivity index (χ2n) is 6.26. The highest BCUT2D eigenvalue weighted by atomic mass is 32.2. The van der Waals surface area contributed by atoms with Crippen molar-refractivity contribution in [3.8, 4) is 6.07 Å². The molecule has 0 radical (unpaired) electrons. The Hall–Kier alpha value is -2.64. The Balaban J connectivity index is 1.95. The van der Waals surface area contributed by atoms with Crippen LogP contribution < -0.4 is 0 Å². The van der Waals surface area contributed by atoms with Gasteiger partial charge in [-0.05, 0) is 35.4 Å². The van der Waals surface area contributed by atoms with Gasteiger partial charge in [-0.25, -0.2) is 8.42 Å². The third kappa shape index (κ3) is 3.89. The number of sulfone groups is 1. The van der Waals surface area contributed by atoms with Gasteiger partial charge in [0.05, 0.1) is 16.7 Å². The zero-order valence-electron chi connectivity index (χ0n) is 14.0. The number of nitriles is 1. The first-order valence-electron chi connectivity index (χ1n) is 8.15. The predicted molar refractivity (Wildman–Crippen MR) is 100 cm³/mol. The monoisotopic (exact) mass is 349 g/mol. The summed E-state index contributed by atoms with van der Waals surface area (Å²) in [5.74, 6) is -0.414. The number of aryl methyl sites for hydroxylation is 1. The van der Waals surface area contributed by atoms with Crippen LogP contribution in [-0.4, -0.2) is 14.2 Å². The molecule has 0 bridgehead atoms. The van der Waals surface area contributed by atoms with Crippen LogP contribution in [0.5, 0.6) is 0 Å². The Morgan fingerprint density at radius 2 is 1.64 bits per heavy atom. The highest BCUT2D eigenvalue weighted by Gasteiger charge is 2.23. The molecule has 0 aliphatic carbocycles. The van der Waals surface area contributed by atoms with Gasteiger partial charge in [0.25, 0.3) is 0 Å². The fraction of sp³-hybridized carbons (Fsp3) is 0.190. The Morgan fingerprint density at radius 1 is 0.960 bits per heavy atom. The van der Waals surface area contributed by atoms with Crippen LogP contribution >= 0.6 is 0 Å². The second kappa shape index (κ2) is 7.08. The summed E-state index contributed by atoms with van der Waals surface area (Å²) in [4.78, 5) is 0.307. The molecule has 126 valence electrons. The van der Waals surface area contributed by atoms with Crippen molar-refractivity contribution in [2.75, 3.05) is 5.75 Å². The SMILES string of the molecule is Cc1ccc(S(=O)(=O)CC(CC#N)c2ccc3ccccc3c2)cc1. The number of hydrogen-bond donors (Lipinski definition) is 0. The van der Waals surface area contributed by atoms with Crippen LogP contribution in [0.15, 0.2) is 71.6 Å². The first-order chi connectivity index (χ1) is 12.0. The smallest absolute Gasteiger partial charge is 0.179 e. The number of nitrogens with zero attached hydrogens (tertiary/aromatic N) is 1. The van der Waals surface area contributed by atoms with E-state index in [1.54, 1.807) is 24.3 Å². The van der Waals surface area contributed by atoms with Crippen LogP contribution in [0.3, 0.4) is 0 Å². The maximum Gasteiger partial charge on any atom is 0.179 e. The molecule has 0 spiro atoms. The maximum absolute atomic E-state index is 12.8. The first-order valence-corrected chi connectivity index (χ1v) is 9.80. The first kappa shape index (κ1) is 17.2. The average molecular weight is 349 g/mol. The quantitative estimate of drug-likeness (QED) is 0.675. The summed E-state index contributed by atoms with van der Waals surface area (Å²) in [6.45, 7) is 1.92. The molecular weight excluding hydrogens is 330 g/mol. The Kier molecular flexibility index (Phi) is 4.87. The number of rotatable bonds is 5. The molecule has 25 heavy (non-hydrogen) atoms. The number of hydrogen-bond acceptors (Lipinski definition) is 3. The van der Waals surface area contributed by atoms with Crippen molar-refractivity contribution in [1.29, 1.82) is 5.26 Å². The lowest BCUT2D eigenvalue weighted by atomic mass is 9.95. The van der Waals surface area contributed by atoms with Crippen LogP contribution in [0.25, 0.3) is 10.8 Å². The van der Waals surface area contributed by atoms with Crippen molar-refractivity contribution in [2.45, 2.75) is 24.2 Å². The van der Waals surface area contributed by atoms with Crippen molar-refractivity contribution in [3.05, 3.63) is 77.9 Å². The molecule has 3 aromatic carbocycles. The molecule has 4 heteroatoms. The van der Waals surface area contributed by atoms with Gasteiger partial charge in [-0.3, -0.25) is 0 Å². The maximum atomic E-state index is 12.8. The molecule has 0 saturated carbocycles. The normalized spacial score (nSPS) is 12.6. The highest BCUT2D eigenvalue weighted by molar-refractivity contribution is 7.91. The minimum Gasteiger partial charge on any atom is -0.224 e. The molecule has 0 saturated heterocycles. The van der Waals surface area contributed by atoms with Gasteiger partial charge < -0.3 is 0 Å². The zero-order chi connectivity index (χ0) is 17.9. The van der Waals surface area contributed by atoms with E-state index in [-0.39, 0.29) is 18.1 Å². The van der Waals surface area contributed by atoms with Gasteiger partial charge in [-0.2, -0.15) is 5.26 Å². The Bertz CT molecular complexity index is 1030. The van der Waals surface area contributed by atoms with Gasteiger partial charge >= 0.3 is 0 Å². The lowest BCUT2D eigenvalue weighted by Crippen LogP contribution is -2.15. The van der Waals surface area contributed by atoms with Crippen molar-refractivity contribution >= 4 is 20.6 Å². The van der Waals surface area contributed by atoms with E-state index in [9.17, 15) is 13.7 Å². The molecule has 0 heterocycles. The van der Waals surface area contributed by atoms with Gasteiger partial charge in [0.1, 0.15) is 0 Å². The van der Waals surface area contributed by atoms with Gasteiger partial charge in [0.2, 0.25) is 0 Å². The Labute approximate surface area is 148 Å². The number of fused-ring (bicyclic) bond motifs is 1. The zero-order valence-corrected chi connectivity index (χ0v) is 14.8. The van der Waals surface area contributed by atoms with E-state index in [1.807, 2.05) is 49.4 Å². The molecule has 0 aliphatic heterocycles. The third-order valence-corrected chi connectivity index (χ3v) is 6.21. The van der Waals surface area contributed by atoms with E-state index in [2.05, 4.69) is 6.07 Å². The fourth-order valence-electron chi connectivity index (χ4n) is 2.95. The van der Waals surface area contributed by atoms with Gasteiger partial charge in [0, 0.05) is 12.3 Å². The summed E-state index contributed by atoms with van der Waals surface area (Å²) >= 11 is 0. The third-order valence-electron chi connectivity index (χ3n) is 4.38. The van der Waals surface area contributed by atoms with E-state index in [0.717, 1.165) is 21.9 Å². The van der Waals surface area contributed by atoms with E-state index >= 15 is 0 Å². The summed E-state index contributed by atoms with van der Waals surface area (Å²) in [5, 5.41) is 11.3. The van der Waals surface area contributed by atoms with Gasteiger partial charge in [-0.15, -0.1) is 0 Å². The van der Waals surface area contributed by atoms with Gasteiger partial charge in [-0.1, -0.05) is 60.2 Å². The number of benzene rings is 3. The second-order valence-corrected chi connectivity index (χ2v) is 8.29. The summed E-state index contributed by atoms with van der Waals surface area (Å²) < 4.78 is 25.5.